The number of aromatic nitrogens is 1. The SMILES string of the molecule is Cc1nc(N(C)C(=O)Cc2ccc(-c3cc(F)ccc3F)cc2)sc1C(=N)C1CC1. The van der Waals surface area contributed by atoms with Crippen LogP contribution in [-0.4, -0.2) is 23.7 Å². The molecule has 3 aromatic rings. The van der Waals surface area contributed by atoms with Gasteiger partial charge in [0.25, 0.3) is 0 Å². The van der Waals surface area contributed by atoms with Crippen LogP contribution in [-0.2, 0) is 11.2 Å². The second-order valence-electron chi connectivity index (χ2n) is 7.55. The van der Waals surface area contributed by atoms with Crippen LogP contribution in [0.25, 0.3) is 11.1 Å². The zero-order valence-corrected chi connectivity index (χ0v) is 17.5. The Morgan fingerprint density at radius 3 is 2.57 bits per heavy atom. The summed E-state index contributed by atoms with van der Waals surface area (Å²) in [6, 6.07) is 10.2. The number of nitrogens with zero attached hydrogens (tertiary/aromatic N) is 2. The van der Waals surface area contributed by atoms with Crippen LogP contribution in [0.3, 0.4) is 0 Å². The van der Waals surface area contributed by atoms with Crippen molar-refractivity contribution in [2.24, 2.45) is 5.92 Å². The Morgan fingerprint density at radius 2 is 1.90 bits per heavy atom. The number of nitrogens with one attached hydrogen (secondary N) is 1. The number of thiazole rings is 1. The van der Waals surface area contributed by atoms with Crippen molar-refractivity contribution in [2.45, 2.75) is 26.2 Å². The minimum absolute atomic E-state index is 0.127. The highest BCUT2D eigenvalue weighted by atomic mass is 32.1. The molecule has 0 unspecified atom stereocenters. The number of halogens is 2. The number of aryl methyl sites for hydroxylation is 1. The van der Waals surface area contributed by atoms with Gasteiger partial charge in [0.15, 0.2) is 5.13 Å². The molecule has 1 heterocycles. The molecule has 1 fully saturated rings. The third-order valence-electron chi connectivity index (χ3n) is 5.23. The van der Waals surface area contributed by atoms with Crippen LogP contribution in [0.15, 0.2) is 42.5 Å². The molecule has 1 aromatic heterocycles. The van der Waals surface area contributed by atoms with Crippen molar-refractivity contribution in [3.05, 3.63) is 70.2 Å². The first-order valence-corrected chi connectivity index (χ1v) is 10.5. The van der Waals surface area contributed by atoms with Gasteiger partial charge >= 0.3 is 0 Å². The first kappa shape index (κ1) is 20.3. The normalized spacial score (nSPS) is 13.3. The summed E-state index contributed by atoms with van der Waals surface area (Å²) >= 11 is 1.38. The van der Waals surface area contributed by atoms with Crippen LogP contribution in [0, 0.1) is 29.9 Å². The van der Waals surface area contributed by atoms with Crippen molar-refractivity contribution in [1.29, 1.82) is 5.41 Å². The van der Waals surface area contributed by atoms with E-state index in [4.69, 9.17) is 5.41 Å². The molecule has 4 rings (SSSR count). The van der Waals surface area contributed by atoms with Crippen molar-refractivity contribution in [3.63, 3.8) is 0 Å². The van der Waals surface area contributed by atoms with Gasteiger partial charge in [-0.2, -0.15) is 0 Å². The lowest BCUT2D eigenvalue weighted by Crippen LogP contribution is -2.27. The Hall–Kier alpha value is -2.93. The third-order valence-corrected chi connectivity index (χ3v) is 6.49. The number of carbonyl (C=O) groups excluding carboxylic acids is 1. The molecule has 1 amide bonds. The van der Waals surface area contributed by atoms with E-state index < -0.39 is 11.6 Å². The number of carbonyl (C=O) groups is 1. The molecule has 154 valence electrons. The molecular formula is C23H21F2N3OS. The standard InChI is InChI=1S/C23H21F2N3OS/c1-13-22(21(26)16-7-8-16)30-23(27-13)28(2)20(29)11-14-3-5-15(6-4-14)18-12-17(24)9-10-19(18)25/h3-6,9-10,12,16,26H,7-8,11H2,1-2H3. The van der Waals surface area contributed by atoms with Crippen molar-refractivity contribution in [3.8, 4) is 11.1 Å². The zero-order chi connectivity index (χ0) is 21.4. The predicted molar refractivity (Wildman–Crippen MR) is 115 cm³/mol. The number of rotatable bonds is 6. The lowest BCUT2D eigenvalue weighted by molar-refractivity contribution is -0.117. The molecule has 0 atom stereocenters. The van der Waals surface area contributed by atoms with E-state index in [0.29, 0.717) is 22.3 Å². The van der Waals surface area contributed by atoms with Gasteiger partial charge in [-0.25, -0.2) is 13.8 Å². The zero-order valence-electron chi connectivity index (χ0n) is 16.7. The van der Waals surface area contributed by atoms with E-state index >= 15 is 0 Å². The van der Waals surface area contributed by atoms with Gasteiger partial charge in [0.2, 0.25) is 5.91 Å². The van der Waals surface area contributed by atoms with Crippen LogP contribution in [0.2, 0.25) is 0 Å². The van der Waals surface area contributed by atoms with Gasteiger partial charge in [-0.3, -0.25) is 9.69 Å². The maximum atomic E-state index is 14.0. The summed E-state index contributed by atoms with van der Waals surface area (Å²) in [5, 5.41) is 8.84. The van der Waals surface area contributed by atoms with Gasteiger partial charge in [0.1, 0.15) is 11.6 Å². The number of benzene rings is 2. The number of amides is 1. The number of hydrogen-bond donors (Lipinski definition) is 1. The summed E-state index contributed by atoms with van der Waals surface area (Å²) in [5.74, 6) is -0.788. The van der Waals surface area contributed by atoms with Crippen LogP contribution in [0.1, 0.15) is 29.0 Å². The quantitative estimate of drug-likeness (QED) is 0.539. The molecule has 0 bridgehead atoms. The van der Waals surface area contributed by atoms with Crippen LogP contribution in [0.5, 0.6) is 0 Å². The van der Waals surface area contributed by atoms with Gasteiger partial charge in [-0.1, -0.05) is 35.6 Å². The predicted octanol–water partition coefficient (Wildman–Crippen LogP) is 5.38. The lowest BCUT2D eigenvalue weighted by Gasteiger charge is -2.14. The molecule has 4 nitrogen and oxygen atoms in total. The van der Waals surface area contributed by atoms with E-state index in [9.17, 15) is 13.6 Å². The van der Waals surface area contributed by atoms with Crippen LogP contribution in [0.4, 0.5) is 13.9 Å². The molecule has 30 heavy (non-hydrogen) atoms. The number of anilines is 1. The molecule has 1 aliphatic carbocycles. The van der Waals surface area contributed by atoms with E-state index in [1.807, 2.05) is 6.92 Å². The van der Waals surface area contributed by atoms with E-state index in [0.717, 1.165) is 47.2 Å². The minimum Gasteiger partial charge on any atom is -0.303 e. The first-order valence-electron chi connectivity index (χ1n) is 9.70. The maximum absolute atomic E-state index is 14.0. The van der Waals surface area contributed by atoms with Gasteiger partial charge in [-0.05, 0) is 49.1 Å². The Labute approximate surface area is 177 Å². The largest absolute Gasteiger partial charge is 0.303 e. The monoisotopic (exact) mass is 425 g/mol. The fraction of sp³-hybridized carbons (Fsp3) is 0.261. The first-order chi connectivity index (χ1) is 14.3. The summed E-state index contributed by atoms with van der Waals surface area (Å²) in [7, 11) is 1.68. The highest BCUT2D eigenvalue weighted by Gasteiger charge is 2.30. The van der Waals surface area contributed by atoms with E-state index in [1.165, 1.54) is 16.2 Å². The highest BCUT2D eigenvalue weighted by Crippen LogP contribution is 2.37. The van der Waals surface area contributed by atoms with Crippen LogP contribution < -0.4 is 4.90 Å². The van der Waals surface area contributed by atoms with Crippen molar-refractivity contribution < 1.29 is 13.6 Å². The molecule has 0 spiro atoms. The van der Waals surface area contributed by atoms with E-state index in [1.54, 1.807) is 31.3 Å². The fourth-order valence-electron chi connectivity index (χ4n) is 3.25. The molecule has 0 saturated heterocycles. The second kappa shape index (κ2) is 8.07. The molecule has 1 N–H and O–H groups in total. The average Bonchev–Trinajstić information content (AvgIpc) is 3.51. The maximum Gasteiger partial charge on any atom is 0.232 e. The molecule has 7 heteroatoms. The highest BCUT2D eigenvalue weighted by molar-refractivity contribution is 7.17. The number of hydrogen-bond acceptors (Lipinski definition) is 4. The summed E-state index contributed by atoms with van der Waals surface area (Å²) < 4.78 is 27.4. The van der Waals surface area contributed by atoms with Gasteiger partial charge < -0.3 is 5.41 Å². The van der Waals surface area contributed by atoms with Crippen molar-refractivity contribution >= 4 is 28.1 Å². The topological polar surface area (TPSA) is 57.1 Å². The molecule has 2 aromatic carbocycles. The summed E-state index contributed by atoms with van der Waals surface area (Å²) in [6.45, 7) is 1.87. The van der Waals surface area contributed by atoms with Crippen molar-refractivity contribution in [1.82, 2.24) is 4.98 Å². The smallest absolute Gasteiger partial charge is 0.232 e. The molecule has 0 radical (unpaired) electrons. The lowest BCUT2D eigenvalue weighted by atomic mass is 10.0. The Bertz CT molecular complexity index is 1120. The second-order valence-corrected chi connectivity index (χ2v) is 8.53. The van der Waals surface area contributed by atoms with Gasteiger partial charge in [0, 0.05) is 18.5 Å². The Morgan fingerprint density at radius 1 is 1.20 bits per heavy atom. The number of likely N-dealkylation sites (N-methyl/N-ethyl adjacent to an activating group) is 1. The summed E-state index contributed by atoms with van der Waals surface area (Å²) in [6.07, 6.45) is 2.27. The van der Waals surface area contributed by atoms with Gasteiger partial charge in [0.05, 0.1) is 22.7 Å². The average molecular weight is 426 g/mol. The molecular weight excluding hydrogens is 404 g/mol. The van der Waals surface area contributed by atoms with Crippen molar-refractivity contribution in [2.75, 3.05) is 11.9 Å². The minimum atomic E-state index is -0.500. The molecule has 0 aliphatic heterocycles. The van der Waals surface area contributed by atoms with Gasteiger partial charge in [-0.15, -0.1) is 0 Å². The molecule has 1 saturated carbocycles. The summed E-state index contributed by atoms with van der Waals surface area (Å²) in [4.78, 5) is 19.6. The molecule has 1 aliphatic rings. The third kappa shape index (κ3) is 4.16. The van der Waals surface area contributed by atoms with E-state index in [2.05, 4.69) is 4.98 Å². The Kier molecular flexibility index (Phi) is 5.47. The van der Waals surface area contributed by atoms with E-state index in [-0.39, 0.29) is 17.9 Å². The Balaban J connectivity index is 1.46. The summed E-state index contributed by atoms with van der Waals surface area (Å²) in [5.41, 5.74) is 2.92. The van der Waals surface area contributed by atoms with Crippen LogP contribution >= 0.6 is 11.3 Å². The fourth-order valence-corrected chi connectivity index (χ4v) is 4.33.